The zero-order chi connectivity index (χ0) is 9.73. The summed E-state index contributed by atoms with van der Waals surface area (Å²) in [5.74, 6) is 3.73. The lowest BCUT2D eigenvalue weighted by atomic mass is 10.4. The molecule has 0 aromatic heterocycles. The lowest BCUT2D eigenvalue weighted by molar-refractivity contribution is 0.908. The van der Waals surface area contributed by atoms with E-state index in [2.05, 4.69) is 44.0 Å². The predicted molar refractivity (Wildman–Crippen MR) is 70.1 cm³/mol. The molecule has 1 rings (SSSR count). The summed E-state index contributed by atoms with van der Waals surface area (Å²) in [5, 5.41) is 0.817. The second-order valence-corrected chi connectivity index (χ2v) is 8.33. The highest BCUT2D eigenvalue weighted by Gasteiger charge is 2.40. The Bertz CT molecular complexity index is 164. The van der Waals surface area contributed by atoms with Gasteiger partial charge in [-0.1, -0.05) is 13.0 Å². The molecule has 0 aromatic rings. The molecule has 13 heavy (non-hydrogen) atoms. The summed E-state index contributed by atoms with van der Waals surface area (Å²) < 4.78 is 0.572. The van der Waals surface area contributed by atoms with Crippen LogP contribution in [0.25, 0.3) is 0 Å². The van der Waals surface area contributed by atoms with Crippen LogP contribution in [-0.2, 0) is 0 Å². The van der Waals surface area contributed by atoms with Crippen molar-refractivity contribution in [2.24, 2.45) is 0 Å². The molecule has 0 radical (unpaired) electrons. The monoisotopic (exact) mass is 234 g/mol. The van der Waals surface area contributed by atoms with Gasteiger partial charge in [-0.2, -0.15) is 11.8 Å². The van der Waals surface area contributed by atoms with Gasteiger partial charge < -0.3 is 0 Å². The van der Waals surface area contributed by atoms with E-state index in [1.807, 2.05) is 17.8 Å². The second kappa shape index (κ2) is 5.62. The number of hydrogen-bond acceptors (Lipinski definition) is 3. The Kier molecular flexibility index (Phi) is 5.13. The first kappa shape index (κ1) is 11.9. The molecule has 0 saturated carbocycles. The Hall–Kier alpha value is 0.790. The summed E-state index contributed by atoms with van der Waals surface area (Å²) in [6.45, 7) is 8.42. The molecule has 2 unspecified atom stereocenters. The van der Waals surface area contributed by atoms with Crippen LogP contribution in [0, 0.1) is 0 Å². The average Bonchev–Trinajstić information content (AvgIpc) is 2.77. The summed E-state index contributed by atoms with van der Waals surface area (Å²) in [6.07, 6.45) is 3.32. The Morgan fingerprint density at radius 1 is 1.69 bits per heavy atom. The highest BCUT2D eigenvalue weighted by Crippen LogP contribution is 2.54. The molecule has 0 nitrogen and oxygen atoms in total. The average molecular weight is 234 g/mol. The molecule has 0 amide bonds. The molecule has 2 atom stereocenters. The minimum Gasteiger partial charge on any atom is -0.158 e. The Morgan fingerprint density at radius 3 is 2.92 bits per heavy atom. The van der Waals surface area contributed by atoms with Gasteiger partial charge in [0.1, 0.15) is 0 Å². The van der Waals surface area contributed by atoms with Crippen molar-refractivity contribution in [3.8, 4) is 0 Å². The summed E-state index contributed by atoms with van der Waals surface area (Å²) in [6, 6.07) is 0. The molecule has 1 heterocycles. The van der Waals surface area contributed by atoms with Gasteiger partial charge in [-0.25, -0.2) is 0 Å². The van der Waals surface area contributed by atoms with Crippen molar-refractivity contribution in [2.75, 3.05) is 17.3 Å². The predicted octanol–water partition coefficient (Wildman–Crippen LogP) is 3.88. The van der Waals surface area contributed by atoms with E-state index < -0.39 is 0 Å². The van der Waals surface area contributed by atoms with Crippen molar-refractivity contribution in [1.29, 1.82) is 0 Å². The zero-order valence-electron chi connectivity index (χ0n) is 8.41. The fourth-order valence-corrected chi connectivity index (χ4v) is 4.58. The molecule has 1 aliphatic rings. The molecule has 0 spiro atoms. The first-order valence-corrected chi connectivity index (χ1v) is 7.69. The van der Waals surface area contributed by atoms with E-state index in [0.717, 1.165) is 11.0 Å². The topological polar surface area (TPSA) is 0 Å². The molecule has 3 heteroatoms. The molecule has 1 saturated heterocycles. The molecule has 0 aliphatic carbocycles. The summed E-state index contributed by atoms with van der Waals surface area (Å²) in [4.78, 5) is 0. The van der Waals surface area contributed by atoms with Gasteiger partial charge in [0.05, 0.1) is 4.08 Å². The van der Waals surface area contributed by atoms with Crippen LogP contribution in [-0.4, -0.2) is 26.6 Å². The van der Waals surface area contributed by atoms with Crippen molar-refractivity contribution in [3.63, 3.8) is 0 Å². The van der Waals surface area contributed by atoms with E-state index in [4.69, 9.17) is 0 Å². The molecule has 1 aliphatic heterocycles. The summed E-state index contributed by atoms with van der Waals surface area (Å²) in [7, 11) is 0. The lowest BCUT2D eigenvalue weighted by Crippen LogP contribution is -2.06. The van der Waals surface area contributed by atoms with Gasteiger partial charge in [0.2, 0.25) is 0 Å². The maximum Gasteiger partial charge on any atom is 0.0677 e. The highest BCUT2D eigenvalue weighted by molar-refractivity contribution is 8.24. The van der Waals surface area contributed by atoms with Crippen LogP contribution >= 0.6 is 35.3 Å². The fourth-order valence-electron chi connectivity index (χ4n) is 1.07. The van der Waals surface area contributed by atoms with Gasteiger partial charge in [0, 0.05) is 16.8 Å². The van der Waals surface area contributed by atoms with Gasteiger partial charge >= 0.3 is 0 Å². The third kappa shape index (κ3) is 5.28. The largest absolute Gasteiger partial charge is 0.158 e. The van der Waals surface area contributed by atoms with E-state index in [0.29, 0.717) is 4.08 Å². The molecule has 76 valence electrons. The highest BCUT2D eigenvalue weighted by atomic mass is 32.2. The molecular formula is C10H18S3. The van der Waals surface area contributed by atoms with Crippen LogP contribution in [0.5, 0.6) is 0 Å². The van der Waals surface area contributed by atoms with Crippen LogP contribution in [0.15, 0.2) is 12.7 Å². The van der Waals surface area contributed by atoms with Crippen LogP contribution in [0.1, 0.15) is 20.3 Å². The smallest absolute Gasteiger partial charge is 0.0677 e. The fraction of sp³-hybridized carbons (Fsp3) is 0.800. The van der Waals surface area contributed by atoms with Crippen LogP contribution in [0.3, 0.4) is 0 Å². The summed E-state index contributed by atoms with van der Waals surface area (Å²) >= 11 is 6.22. The van der Waals surface area contributed by atoms with Crippen molar-refractivity contribution in [2.45, 2.75) is 29.6 Å². The molecular weight excluding hydrogens is 216 g/mol. The molecule has 0 aromatic carbocycles. The normalized spacial score (nSPS) is 28.5. The summed E-state index contributed by atoms with van der Waals surface area (Å²) in [5.41, 5.74) is 0. The van der Waals surface area contributed by atoms with E-state index in [9.17, 15) is 0 Å². The number of rotatable bonds is 7. The molecule has 0 N–H and O–H groups in total. The Labute approximate surface area is 94.7 Å². The number of hydrogen-bond donors (Lipinski definition) is 0. The van der Waals surface area contributed by atoms with Gasteiger partial charge in [0.25, 0.3) is 0 Å². The van der Waals surface area contributed by atoms with Crippen LogP contribution < -0.4 is 0 Å². The van der Waals surface area contributed by atoms with Crippen LogP contribution in [0.4, 0.5) is 0 Å². The maximum atomic E-state index is 3.72. The van der Waals surface area contributed by atoms with Crippen molar-refractivity contribution >= 4 is 35.3 Å². The quantitative estimate of drug-likeness (QED) is 0.373. The molecule has 1 fully saturated rings. The first-order chi connectivity index (χ1) is 6.16. The van der Waals surface area contributed by atoms with Gasteiger partial charge in [0.15, 0.2) is 0 Å². The van der Waals surface area contributed by atoms with Crippen molar-refractivity contribution < 1.29 is 0 Å². The van der Waals surface area contributed by atoms with Gasteiger partial charge in [-0.05, 0) is 19.1 Å². The van der Waals surface area contributed by atoms with E-state index in [-0.39, 0.29) is 0 Å². The number of thioether (sulfide) groups is 3. The standard InChI is InChI=1S/C10H18S3/c1-4-6-11-7-5-9(2)13-10(3)8-12-10/h4,9H,1,5-8H2,2-3H3. The SMILES string of the molecule is C=CCSCCC(C)SC1(C)CS1. The van der Waals surface area contributed by atoms with E-state index in [1.54, 1.807) is 0 Å². The van der Waals surface area contributed by atoms with E-state index in [1.165, 1.54) is 17.9 Å². The van der Waals surface area contributed by atoms with Gasteiger partial charge in [-0.15, -0.1) is 30.1 Å². The van der Waals surface area contributed by atoms with Crippen LogP contribution in [0.2, 0.25) is 0 Å². The maximum absolute atomic E-state index is 3.72. The van der Waals surface area contributed by atoms with Crippen molar-refractivity contribution in [3.05, 3.63) is 12.7 Å². The third-order valence-corrected chi connectivity index (χ3v) is 6.14. The lowest BCUT2D eigenvalue weighted by Gasteiger charge is -2.13. The minimum atomic E-state index is 0.572. The third-order valence-electron chi connectivity index (χ3n) is 1.91. The zero-order valence-corrected chi connectivity index (χ0v) is 10.9. The van der Waals surface area contributed by atoms with Gasteiger partial charge in [-0.3, -0.25) is 0 Å². The van der Waals surface area contributed by atoms with E-state index >= 15 is 0 Å². The first-order valence-electron chi connectivity index (χ1n) is 4.67. The second-order valence-electron chi connectivity index (χ2n) is 3.50. The molecule has 0 bridgehead atoms. The Morgan fingerprint density at radius 2 is 2.38 bits per heavy atom. The Balaban J connectivity index is 1.97. The van der Waals surface area contributed by atoms with Crippen molar-refractivity contribution in [1.82, 2.24) is 0 Å². The minimum absolute atomic E-state index is 0.572.